The van der Waals surface area contributed by atoms with Gasteiger partial charge in [0.1, 0.15) is 12.4 Å². The van der Waals surface area contributed by atoms with Crippen molar-refractivity contribution in [3.05, 3.63) is 75.5 Å². The molecular formula is C21H18Cl2N4O3S. The Morgan fingerprint density at radius 2 is 2.03 bits per heavy atom. The number of aliphatic hydroxyl groups is 1. The van der Waals surface area contributed by atoms with Crippen LogP contribution >= 0.6 is 35.0 Å². The highest BCUT2D eigenvalue weighted by Crippen LogP contribution is 2.28. The summed E-state index contributed by atoms with van der Waals surface area (Å²) in [5.41, 5.74) is 0.547. The van der Waals surface area contributed by atoms with Gasteiger partial charge in [0.05, 0.1) is 22.0 Å². The summed E-state index contributed by atoms with van der Waals surface area (Å²) in [6.07, 6.45) is 0.845. The molecular weight excluding hydrogens is 459 g/mol. The maximum atomic E-state index is 12.8. The predicted molar refractivity (Wildman–Crippen MR) is 124 cm³/mol. The first-order valence-corrected chi connectivity index (χ1v) is 11.1. The van der Waals surface area contributed by atoms with E-state index < -0.39 is 6.10 Å². The molecule has 160 valence electrons. The number of fused-ring (bicyclic) bond motifs is 3. The number of aromatic nitrogens is 4. The van der Waals surface area contributed by atoms with E-state index in [9.17, 15) is 9.90 Å². The van der Waals surface area contributed by atoms with Crippen LogP contribution in [0.15, 0.2) is 65.1 Å². The van der Waals surface area contributed by atoms with Crippen LogP contribution in [0.1, 0.15) is 0 Å². The molecule has 1 atom stereocenters. The monoisotopic (exact) mass is 476 g/mol. The minimum atomic E-state index is -0.794. The highest BCUT2D eigenvalue weighted by molar-refractivity contribution is 7.99. The van der Waals surface area contributed by atoms with Crippen LogP contribution in [0.4, 0.5) is 0 Å². The molecule has 7 nitrogen and oxygen atoms in total. The topological polar surface area (TPSA) is 81.7 Å². The van der Waals surface area contributed by atoms with Crippen molar-refractivity contribution in [3.63, 3.8) is 0 Å². The van der Waals surface area contributed by atoms with E-state index in [1.165, 1.54) is 16.3 Å². The number of thioether (sulfide) groups is 1. The standard InChI is InChI=1S/C21H18Cl2N4O3S/c1-2-9-26-19(29)15-5-3-4-6-17(15)27-20(26)24-25-21(27)31-12-14(28)11-30-18-10-13(22)7-8-16(18)23/h2-8,10,14,28H,1,9,11-12H2. The van der Waals surface area contributed by atoms with Gasteiger partial charge in [-0.1, -0.05) is 53.2 Å². The maximum absolute atomic E-state index is 12.8. The largest absolute Gasteiger partial charge is 0.489 e. The summed E-state index contributed by atoms with van der Waals surface area (Å²) in [4.78, 5) is 12.8. The van der Waals surface area contributed by atoms with E-state index in [1.807, 2.05) is 22.6 Å². The summed E-state index contributed by atoms with van der Waals surface area (Å²) in [6, 6.07) is 12.2. The fourth-order valence-corrected chi connectivity index (χ4v) is 4.29. The molecule has 0 fully saturated rings. The fraction of sp³-hybridized carbons (Fsp3) is 0.190. The van der Waals surface area contributed by atoms with Gasteiger partial charge in [0.15, 0.2) is 5.16 Å². The van der Waals surface area contributed by atoms with Crippen molar-refractivity contribution in [2.75, 3.05) is 12.4 Å². The second-order valence-electron chi connectivity index (χ2n) is 6.69. The quantitative estimate of drug-likeness (QED) is 0.305. The normalized spacial score (nSPS) is 12.4. The number of nitrogens with zero attached hydrogens (tertiary/aromatic N) is 4. The number of para-hydroxylation sites is 1. The number of hydrogen-bond donors (Lipinski definition) is 1. The Balaban J connectivity index is 1.57. The first-order valence-electron chi connectivity index (χ1n) is 9.36. The summed E-state index contributed by atoms with van der Waals surface area (Å²) in [5.74, 6) is 1.13. The molecule has 0 bridgehead atoms. The van der Waals surface area contributed by atoms with E-state index in [0.29, 0.717) is 49.9 Å². The van der Waals surface area contributed by atoms with Crippen LogP contribution in [0.3, 0.4) is 0 Å². The summed E-state index contributed by atoms with van der Waals surface area (Å²) >= 11 is 13.4. The van der Waals surface area contributed by atoms with Gasteiger partial charge in [0.25, 0.3) is 5.56 Å². The van der Waals surface area contributed by atoms with Gasteiger partial charge in [-0.3, -0.25) is 13.8 Å². The lowest BCUT2D eigenvalue weighted by Crippen LogP contribution is -2.23. The molecule has 0 amide bonds. The average Bonchev–Trinajstić information content (AvgIpc) is 3.20. The Morgan fingerprint density at radius 3 is 2.84 bits per heavy atom. The summed E-state index contributed by atoms with van der Waals surface area (Å²) < 4.78 is 8.93. The van der Waals surface area contributed by atoms with Crippen molar-refractivity contribution in [2.45, 2.75) is 17.8 Å². The minimum absolute atomic E-state index is 0.0335. The molecule has 0 saturated carbocycles. The SMILES string of the molecule is C=CCn1c(=O)c2ccccc2n2c(SCC(O)COc3cc(Cl)ccc3Cl)nnc12. The molecule has 2 aromatic heterocycles. The minimum Gasteiger partial charge on any atom is -0.489 e. The number of ether oxygens (including phenoxy) is 1. The molecule has 10 heteroatoms. The van der Waals surface area contributed by atoms with E-state index >= 15 is 0 Å². The zero-order valence-electron chi connectivity index (χ0n) is 16.2. The highest BCUT2D eigenvalue weighted by Gasteiger charge is 2.17. The number of allylic oxidation sites excluding steroid dienone is 1. The molecule has 31 heavy (non-hydrogen) atoms. The second-order valence-corrected chi connectivity index (χ2v) is 8.52. The third kappa shape index (κ3) is 4.43. The first-order chi connectivity index (χ1) is 15.0. The van der Waals surface area contributed by atoms with Crippen LogP contribution in [0.25, 0.3) is 16.7 Å². The molecule has 0 radical (unpaired) electrons. The lowest BCUT2D eigenvalue weighted by Gasteiger charge is -2.13. The Hall–Kier alpha value is -2.52. The summed E-state index contributed by atoms with van der Waals surface area (Å²) in [5, 5.41) is 20.9. The van der Waals surface area contributed by atoms with Crippen molar-refractivity contribution in [1.82, 2.24) is 19.2 Å². The molecule has 1 N–H and O–H groups in total. The third-order valence-electron chi connectivity index (χ3n) is 4.52. The van der Waals surface area contributed by atoms with E-state index in [2.05, 4.69) is 16.8 Å². The number of benzene rings is 2. The number of aliphatic hydroxyl groups excluding tert-OH is 1. The maximum Gasteiger partial charge on any atom is 0.263 e. The van der Waals surface area contributed by atoms with Crippen LogP contribution in [0.2, 0.25) is 10.0 Å². The molecule has 0 aliphatic carbocycles. The zero-order valence-corrected chi connectivity index (χ0v) is 18.6. The number of halogens is 2. The lowest BCUT2D eigenvalue weighted by molar-refractivity contribution is 0.126. The average molecular weight is 477 g/mol. The van der Waals surface area contributed by atoms with Crippen LogP contribution in [-0.2, 0) is 6.54 Å². The number of rotatable bonds is 8. The van der Waals surface area contributed by atoms with Crippen LogP contribution < -0.4 is 10.3 Å². The molecule has 4 rings (SSSR count). The van der Waals surface area contributed by atoms with Gasteiger partial charge in [0.2, 0.25) is 5.78 Å². The van der Waals surface area contributed by atoms with Crippen molar-refractivity contribution in [3.8, 4) is 5.75 Å². The van der Waals surface area contributed by atoms with Gasteiger partial charge in [0, 0.05) is 23.4 Å². The lowest BCUT2D eigenvalue weighted by atomic mass is 10.2. The van der Waals surface area contributed by atoms with Crippen molar-refractivity contribution < 1.29 is 9.84 Å². The van der Waals surface area contributed by atoms with Gasteiger partial charge >= 0.3 is 0 Å². The Labute approximate surface area is 191 Å². The number of hydrogen-bond acceptors (Lipinski definition) is 6. The zero-order chi connectivity index (χ0) is 22.0. The molecule has 0 aliphatic rings. The fourth-order valence-electron chi connectivity index (χ4n) is 3.11. The summed E-state index contributed by atoms with van der Waals surface area (Å²) in [7, 11) is 0. The van der Waals surface area contributed by atoms with Crippen molar-refractivity contribution >= 4 is 51.6 Å². The first kappa shape index (κ1) is 21.7. The predicted octanol–water partition coefficient (Wildman–Crippen LogP) is 4.07. The second kappa shape index (κ2) is 9.32. The molecule has 0 aliphatic heterocycles. The Morgan fingerprint density at radius 1 is 1.23 bits per heavy atom. The molecule has 0 saturated heterocycles. The van der Waals surface area contributed by atoms with E-state index in [4.69, 9.17) is 27.9 Å². The van der Waals surface area contributed by atoms with Gasteiger partial charge < -0.3 is 9.84 Å². The van der Waals surface area contributed by atoms with E-state index in [1.54, 1.807) is 30.3 Å². The van der Waals surface area contributed by atoms with E-state index in [-0.39, 0.29) is 12.2 Å². The van der Waals surface area contributed by atoms with Gasteiger partial charge in [-0.2, -0.15) is 0 Å². The van der Waals surface area contributed by atoms with Crippen LogP contribution in [0.5, 0.6) is 5.75 Å². The summed E-state index contributed by atoms with van der Waals surface area (Å²) in [6.45, 7) is 4.07. The third-order valence-corrected chi connectivity index (χ3v) is 6.14. The van der Waals surface area contributed by atoms with Gasteiger partial charge in [-0.05, 0) is 24.3 Å². The smallest absolute Gasteiger partial charge is 0.263 e. The van der Waals surface area contributed by atoms with Gasteiger partial charge in [-0.15, -0.1) is 16.8 Å². The Bertz CT molecular complexity index is 1320. The van der Waals surface area contributed by atoms with Crippen LogP contribution in [0, 0.1) is 0 Å². The molecule has 2 heterocycles. The van der Waals surface area contributed by atoms with Crippen molar-refractivity contribution in [1.29, 1.82) is 0 Å². The van der Waals surface area contributed by atoms with Gasteiger partial charge in [-0.25, -0.2) is 0 Å². The molecule has 1 unspecified atom stereocenters. The Kier molecular flexibility index (Phi) is 6.52. The molecule has 0 spiro atoms. The van der Waals surface area contributed by atoms with Crippen LogP contribution in [-0.4, -0.2) is 42.7 Å². The molecule has 4 aromatic rings. The van der Waals surface area contributed by atoms with E-state index in [0.717, 1.165) is 0 Å². The highest BCUT2D eigenvalue weighted by atomic mass is 35.5. The molecule has 2 aromatic carbocycles. The van der Waals surface area contributed by atoms with Crippen molar-refractivity contribution in [2.24, 2.45) is 0 Å².